The average Bonchev–Trinajstić information content (AvgIpc) is 2.17. The molecule has 0 saturated carbocycles. The highest BCUT2D eigenvalue weighted by molar-refractivity contribution is 5.20. The molecule has 1 N–H and O–H groups in total. The molecular formula is C11H17NO. The Hall–Kier alpha value is -1.02. The van der Waals surface area contributed by atoms with Gasteiger partial charge in [-0.15, -0.1) is 0 Å². The van der Waals surface area contributed by atoms with Gasteiger partial charge in [0.05, 0.1) is 0 Å². The minimum Gasteiger partial charge on any atom is -0.492 e. The van der Waals surface area contributed by atoms with Crippen LogP contribution in [0.15, 0.2) is 30.3 Å². The molecule has 72 valence electrons. The molecule has 0 amide bonds. The quantitative estimate of drug-likeness (QED) is 0.747. The molecule has 1 aromatic rings. The molecule has 0 radical (unpaired) electrons. The molecule has 0 aliphatic heterocycles. The third-order valence-electron chi connectivity index (χ3n) is 1.80. The second-order valence-corrected chi connectivity index (χ2v) is 3.08. The van der Waals surface area contributed by atoms with Gasteiger partial charge in [0.2, 0.25) is 0 Å². The summed E-state index contributed by atoms with van der Waals surface area (Å²) in [6, 6.07) is 10.3. The van der Waals surface area contributed by atoms with Crippen LogP contribution in [0.1, 0.15) is 13.8 Å². The Morgan fingerprint density at radius 1 is 1.31 bits per heavy atom. The van der Waals surface area contributed by atoms with E-state index in [9.17, 15) is 0 Å². The Bertz CT molecular complexity index is 223. The van der Waals surface area contributed by atoms with E-state index in [4.69, 9.17) is 4.74 Å². The van der Waals surface area contributed by atoms with Gasteiger partial charge in [-0.05, 0) is 25.6 Å². The lowest BCUT2D eigenvalue weighted by molar-refractivity contribution is 0.275. The van der Waals surface area contributed by atoms with E-state index < -0.39 is 0 Å². The summed E-state index contributed by atoms with van der Waals surface area (Å²) in [4.78, 5) is 0. The van der Waals surface area contributed by atoms with Gasteiger partial charge in [-0.1, -0.05) is 25.1 Å². The van der Waals surface area contributed by atoms with Crippen molar-refractivity contribution in [3.8, 4) is 5.75 Å². The maximum atomic E-state index is 5.56. The predicted molar refractivity (Wildman–Crippen MR) is 55.1 cm³/mol. The normalized spacial score (nSPS) is 12.5. The van der Waals surface area contributed by atoms with E-state index in [1.54, 1.807) is 0 Å². The topological polar surface area (TPSA) is 21.3 Å². The standard InChI is InChI=1S/C11H17NO/c1-3-12-10(2)9-13-11-7-5-4-6-8-11/h4-8,10,12H,3,9H2,1-2H3/t10-/m0/s1. The number of hydrogen-bond acceptors (Lipinski definition) is 2. The van der Waals surface area contributed by atoms with Gasteiger partial charge >= 0.3 is 0 Å². The molecule has 13 heavy (non-hydrogen) atoms. The first-order valence-corrected chi connectivity index (χ1v) is 4.74. The highest BCUT2D eigenvalue weighted by atomic mass is 16.5. The smallest absolute Gasteiger partial charge is 0.119 e. The first kappa shape index (κ1) is 10.1. The van der Waals surface area contributed by atoms with Crippen LogP contribution in [0.3, 0.4) is 0 Å². The molecule has 2 heteroatoms. The molecule has 0 unspecified atom stereocenters. The van der Waals surface area contributed by atoms with Crippen LogP contribution in [0.2, 0.25) is 0 Å². The van der Waals surface area contributed by atoms with Crippen molar-refractivity contribution in [3.63, 3.8) is 0 Å². The molecule has 1 rings (SSSR count). The molecule has 2 nitrogen and oxygen atoms in total. The molecule has 0 bridgehead atoms. The monoisotopic (exact) mass is 179 g/mol. The van der Waals surface area contributed by atoms with Gasteiger partial charge in [-0.2, -0.15) is 0 Å². The van der Waals surface area contributed by atoms with Crippen molar-refractivity contribution in [3.05, 3.63) is 30.3 Å². The first-order valence-electron chi connectivity index (χ1n) is 4.74. The lowest BCUT2D eigenvalue weighted by Crippen LogP contribution is -2.31. The number of ether oxygens (including phenoxy) is 1. The Morgan fingerprint density at radius 3 is 2.62 bits per heavy atom. The van der Waals surface area contributed by atoms with Gasteiger partial charge in [0.1, 0.15) is 12.4 Å². The minimum absolute atomic E-state index is 0.408. The number of nitrogens with one attached hydrogen (secondary N) is 1. The third kappa shape index (κ3) is 3.95. The lowest BCUT2D eigenvalue weighted by atomic mass is 10.3. The van der Waals surface area contributed by atoms with E-state index in [1.807, 2.05) is 30.3 Å². The van der Waals surface area contributed by atoms with Crippen molar-refractivity contribution in [2.75, 3.05) is 13.2 Å². The van der Waals surface area contributed by atoms with Crippen LogP contribution in [-0.4, -0.2) is 19.2 Å². The molecule has 1 atom stereocenters. The summed E-state index contributed by atoms with van der Waals surface area (Å²) in [6.45, 7) is 5.92. The highest BCUT2D eigenvalue weighted by Crippen LogP contribution is 2.08. The van der Waals surface area contributed by atoms with Gasteiger partial charge in [0, 0.05) is 6.04 Å². The molecule has 0 aliphatic rings. The van der Waals surface area contributed by atoms with E-state index >= 15 is 0 Å². The van der Waals surface area contributed by atoms with Gasteiger partial charge in [-0.3, -0.25) is 0 Å². The van der Waals surface area contributed by atoms with Crippen molar-refractivity contribution in [2.24, 2.45) is 0 Å². The summed E-state index contributed by atoms with van der Waals surface area (Å²) in [5.41, 5.74) is 0. The number of hydrogen-bond donors (Lipinski definition) is 1. The predicted octanol–water partition coefficient (Wildman–Crippen LogP) is 2.06. The van der Waals surface area contributed by atoms with Crippen LogP contribution >= 0.6 is 0 Å². The van der Waals surface area contributed by atoms with Crippen molar-refractivity contribution >= 4 is 0 Å². The van der Waals surface area contributed by atoms with Gasteiger partial charge in [0.15, 0.2) is 0 Å². The molecule has 0 heterocycles. The number of likely N-dealkylation sites (N-methyl/N-ethyl adjacent to an activating group) is 1. The fraction of sp³-hybridized carbons (Fsp3) is 0.455. The van der Waals surface area contributed by atoms with Crippen LogP contribution in [-0.2, 0) is 0 Å². The van der Waals surface area contributed by atoms with Crippen molar-refractivity contribution in [2.45, 2.75) is 19.9 Å². The highest BCUT2D eigenvalue weighted by Gasteiger charge is 1.99. The summed E-state index contributed by atoms with van der Waals surface area (Å²) < 4.78 is 5.56. The van der Waals surface area contributed by atoms with Crippen LogP contribution in [0.5, 0.6) is 5.75 Å². The zero-order chi connectivity index (χ0) is 9.52. The number of rotatable bonds is 5. The van der Waals surface area contributed by atoms with Crippen molar-refractivity contribution in [1.29, 1.82) is 0 Å². The van der Waals surface area contributed by atoms with Crippen LogP contribution in [0, 0.1) is 0 Å². The van der Waals surface area contributed by atoms with E-state index in [0.29, 0.717) is 6.04 Å². The van der Waals surface area contributed by atoms with E-state index in [2.05, 4.69) is 19.2 Å². The molecule has 0 fully saturated rings. The minimum atomic E-state index is 0.408. The summed E-state index contributed by atoms with van der Waals surface area (Å²) in [5, 5.41) is 3.29. The van der Waals surface area contributed by atoms with Crippen LogP contribution < -0.4 is 10.1 Å². The number of benzene rings is 1. The molecular weight excluding hydrogens is 162 g/mol. The largest absolute Gasteiger partial charge is 0.492 e. The number of para-hydroxylation sites is 1. The fourth-order valence-electron chi connectivity index (χ4n) is 1.15. The zero-order valence-electron chi connectivity index (χ0n) is 8.29. The summed E-state index contributed by atoms with van der Waals surface area (Å²) >= 11 is 0. The summed E-state index contributed by atoms with van der Waals surface area (Å²) in [7, 11) is 0. The van der Waals surface area contributed by atoms with Gasteiger partial charge in [-0.25, -0.2) is 0 Å². The van der Waals surface area contributed by atoms with E-state index in [-0.39, 0.29) is 0 Å². The maximum absolute atomic E-state index is 5.56. The van der Waals surface area contributed by atoms with Crippen LogP contribution in [0.4, 0.5) is 0 Å². The first-order chi connectivity index (χ1) is 6.33. The molecule has 0 spiro atoms. The second-order valence-electron chi connectivity index (χ2n) is 3.08. The third-order valence-corrected chi connectivity index (χ3v) is 1.80. The summed E-state index contributed by atoms with van der Waals surface area (Å²) in [6.07, 6.45) is 0. The van der Waals surface area contributed by atoms with Gasteiger partial charge in [0.25, 0.3) is 0 Å². The molecule has 0 aromatic heterocycles. The summed E-state index contributed by atoms with van der Waals surface area (Å²) in [5.74, 6) is 0.937. The SMILES string of the molecule is CCN[C@@H](C)COc1ccccc1. The zero-order valence-corrected chi connectivity index (χ0v) is 8.29. The Balaban J connectivity index is 2.27. The van der Waals surface area contributed by atoms with Crippen molar-refractivity contribution in [1.82, 2.24) is 5.32 Å². The second kappa shape index (κ2) is 5.60. The van der Waals surface area contributed by atoms with E-state index in [1.165, 1.54) is 0 Å². The molecule has 0 saturated heterocycles. The fourth-order valence-corrected chi connectivity index (χ4v) is 1.15. The molecule has 1 aromatic carbocycles. The average molecular weight is 179 g/mol. The van der Waals surface area contributed by atoms with Crippen molar-refractivity contribution < 1.29 is 4.74 Å². The maximum Gasteiger partial charge on any atom is 0.119 e. The Kier molecular flexibility index (Phi) is 4.33. The molecule has 0 aliphatic carbocycles. The van der Waals surface area contributed by atoms with E-state index in [0.717, 1.165) is 18.9 Å². The Labute approximate surface area is 79.9 Å². The van der Waals surface area contributed by atoms with Crippen LogP contribution in [0.25, 0.3) is 0 Å². The Morgan fingerprint density at radius 2 is 2.00 bits per heavy atom. The lowest BCUT2D eigenvalue weighted by Gasteiger charge is -2.13. The van der Waals surface area contributed by atoms with Gasteiger partial charge < -0.3 is 10.1 Å².